The van der Waals surface area contributed by atoms with Crippen molar-refractivity contribution in [1.29, 1.82) is 0 Å². The molecule has 0 aromatic heterocycles. The first-order chi connectivity index (χ1) is 12.7. The maximum absolute atomic E-state index is 12.5. The third kappa shape index (κ3) is 5.63. The summed E-state index contributed by atoms with van der Waals surface area (Å²) >= 11 is 0. The fraction of sp³-hybridized carbons (Fsp3) is 0.667. The van der Waals surface area contributed by atoms with E-state index in [0.717, 1.165) is 44.7 Å². The number of carbonyl (C=O) groups is 1. The van der Waals surface area contributed by atoms with Crippen LogP contribution < -0.4 is 10.2 Å². The molecule has 5 heteroatoms. The van der Waals surface area contributed by atoms with Crippen molar-refractivity contribution in [2.75, 3.05) is 38.3 Å². The van der Waals surface area contributed by atoms with Gasteiger partial charge in [-0.15, -0.1) is 0 Å². The van der Waals surface area contributed by atoms with E-state index in [0.29, 0.717) is 12.6 Å². The van der Waals surface area contributed by atoms with Crippen LogP contribution in [0.2, 0.25) is 0 Å². The fourth-order valence-electron chi connectivity index (χ4n) is 3.86. The lowest BCUT2D eigenvalue weighted by atomic mass is 9.97. The molecule has 1 saturated carbocycles. The molecule has 0 radical (unpaired) electrons. The minimum Gasteiger partial charge on any atom is -0.378 e. The zero-order chi connectivity index (χ0) is 18.2. The third-order valence-corrected chi connectivity index (χ3v) is 5.51. The molecule has 1 aromatic carbocycles. The highest BCUT2D eigenvalue weighted by Crippen LogP contribution is 2.19. The van der Waals surface area contributed by atoms with E-state index < -0.39 is 0 Å². The van der Waals surface area contributed by atoms with Crippen molar-refractivity contribution in [1.82, 2.24) is 10.2 Å². The summed E-state index contributed by atoms with van der Waals surface area (Å²) in [5, 5.41) is 3.23. The van der Waals surface area contributed by atoms with Crippen LogP contribution in [0.5, 0.6) is 0 Å². The van der Waals surface area contributed by atoms with Gasteiger partial charge in [0.1, 0.15) is 0 Å². The van der Waals surface area contributed by atoms with Crippen LogP contribution >= 0.6 is 0 Å². The van der Waals surface area contributed by atoms with E-state index in [2.05, 4.69) is 34.5 Å². The highest BCUT2D eigenvalue weighted by molar-refractivity contribution is 5.74. The van der Waals surface area contributed by atoms with E-state index in [1.54, 1.807) is 4.90 Å². The minimum absolute atomic E-state index is 0.0489. The molecule has 144 valence electrons. The van der Waals surface area contributed by atoms with E-state index in [1.165, 1.54) is 37.8 Å². The van der Waals surface area contributed by atoms with Crippen LogP contribution in [0, 0.1) is 0 Å². The Kier molecular flexibility index (Phi) is 7.18. The Morgan fingerprint density at radius 1 is 1.08 bits per heavy atom. The molecule has 26 heavy (non-hydrogen) atoms. The average molecular weight is 360 g/mol. The average Bonchev–Trinajstić information content (AvgIpc) is 2.65. The summed E-state index contributed by atoms with van der Waals surface area (Å²) in [5.74, 6) is 0. The number of ether oxygens (including phenoxy) is 1. The molecule has 0 unspecified atom stereocenters. The maximum atomic E-state index is 12.5. The lowest BCUT2D eigenvalue weighted by Crippen LogP contribution is -2.43. The molecule has 2 fully saturated rings. The number of carbonyl (C=O) groups excluding carboxylic acids is 1. The minimum atomic E-state index is 0.0489. The molecule has 0 atom stereocenters. The molecule has 1 aliphatic carbocycles. The molecular formula is C21H33N3O2. The molecular weight excluding hydrogens is 326 g/mol. The number of morpholine rings is 1. The van der Waals surface area contributed by atoms with Crippen LogP contribution in [0.4, 0.5) is 10.5 Å². The second kappa shape index (κ2) is 9.81. The van der Waals surface area contributed by atoms with Crippen molar-refractivity contribution in [3.8, 4) is 0 Å². The second-order valence-corrected chi connectivity index (χ2v) is 7.61. The SMILES string of the molecule is CN(Cc1ccc(N2CCOCC2)cc1)C(=O)NC1CCCCCCC1. The molecule has 2 amide bonds. The van der Waals surface area contributed by atoms with E-state index in [4.69, 9.17) is 4.74 Å². The van der Waals surface area contributed by atoms with Crippen molar-refractivity contribution >= 4 is 11.7 Å². The molecule has 1 heterocycles. The van der Waals surface area contributed by atoms with Gasteiger partial charge in [-0.3, -0.25) is 0 Å². The van der Waals surface area contributed by atoms with Gasteiger partial charge in [0.25, 0.3) is 0 Å². The van der Waals surface area contributed by atoms with Gasteiger partial charge in [-0.1, -0.05) is 44.2 Å². The summed E-state index contributed by atoms with van der Waals surface area (Å²) in [7, 11) is 1.88. The predicted octanol–water partition coefficient (Wildman–Crippen LogP) is 3.78. The Bertz CT molecular complexity index is 547. The van der Waals surface area contributed by atoms with Crippen LogP contribution in [0.1, 0.15) is 50.5 Å². The Morgan fingerprint density at radius 3 is 2.35 bits per heavy atom. The highest BCUT2D eigenvalue weighted by atomic mass is 16.5. The van der Waals surface area contributed by atoms with Gasteiger partial charge in [-0.05, 0) is 30.5 Å². The summed E-state index contributed by atoms with van der Waals surface area (Å²) in [5.41, 5.74) is 2.40. The summed E-state index contributed by atoms with van der Waals surface area (Å²) in [4.78, 5) is 16.7. The molecule has 3 rings (SSSR count). The Morgan fingerprint density at radius 2 is 1.69 bits per heavy atom. The number of hydrogen-bond donors (Lipinski definition) is 1. The van der Waals surface area contributed by atoms with E-state index in [-0.39, 0.29) is 6.03 Å². The number of anilines is 1. The lowest BCUT2D eigenvalue weighted by molar-refractivity contribution is 0.122. The Hall–Kier alpha value is -1.75. The van der Waals surface area contributed by atoms with Crippen LogP contribution in [-0.4, -0.2) is 50.3 Å². The van der Waals surface area contributed by atoms with Gasteiger partial charge in [0, 0.05) is 38.4 Å². The summed E-state index contributed by atoms with van der Waals surface area (Å²) in [6, 6.07) is 8.96. The first kappa shape index (κ1) is 19.0. The second-order valence-electron chi connectivity index (χ2n) is 7.61. The predicted molar refractivity (Wildman–Crippen MR) is 106 cm³/mol. The zero-order valence-corrected chi connectivity index (χ0v) is 16.1. The zero-order valence-electron chi connectivity index (χ0n) is 16.1. The van der Waals surface area contributed by atoms with Gasteiger partial charge in [-0.2, -0.15) is 0 Å². The molecule has 1 aromatic rings. The standard InChI is InChI=1S/C21H33N3O2/c1-23(21(25)22-19-7-5-3-2-4-6-8-19)17-18-9-11-20(12-10-18)24-13-15-26-16-14-24/h9-12,19H,2-8,13-17H2,1H3,(H,22,25). The van der Waals surface area contributed by atoms with Crippen molar-refractivity contribution in [3.63, 3.8) is 0 Å². The first-order valence-corrected chi connectivity index (χ1v) is 10.2. The quantitative estimate of drug-likeness (QED) is 0.890. The number of nitrogens with zero attached hydrogens (tertiary/aromatic N) is 2. The lowest BCUT2D eigenvalue weighted by Gasteiger charge is -2.29. The topological polar surface area (TPSA) is 44.8 Å². The maximum Gasteiger partial charge on any atom is 0.317 e. The molecule has 1 saturated heterocycles. The monoisotopic (exact) mass is 359 g/mol. The van der Waals surface area contributed by atoms with Crippen LogP contribution in [-0.2, 0) is 11.3 Å². The van der Waals surface area contributed by atoms with Crippen LogP contribution in [0.3, 0.4) is 0 Å². The van der Waals surface area contributed by atoms with Gasteiger partial charge < -0.3 is 19.9 Å². The first-order valence-electron chi connectivity index (χ1n) is 10.2. The Labute approximate surface area is 157 Å². The number of benzene rings is 1. The smallest absolute Gasteiger partial charge is 0.317 e. The number of urea groups is 1. The molecule has 0 spiro atoms. The summed E-state index contributed by atoms with van der Waals surface area (Å²) < 4.78 is 5.41. The fourth-order valence-corrected chi connectivity index (χ4v) is 3.86. The number of hydrogen-bond acceptors (Lipinski definition) is 3. The highest BCUT2D eigenvalue weighted by Gasteiger charge is 2.17. The van der Waals surface area contributed by atoms with Crippen molar-refractivity contribution < 1.29 is 9.53 Å². The molecule has 5 nitrogen and oxygen atoms in total. The third-order valence-electron chi connectivity index (χ3n) is 5.51. The molecule has 0 bridgehead atoms. The number of rotatable bonds is 4. The van der Waals surface area contributed by atoms with Gasteiger partial charge in [0.2, 0.25) is 0 Å². The van der Waals surface area contributed by atoms with Crippen LogP contribution in [0.15, 0.2) is 24.3 Å². The van der Waals surface area contributed by atoms with Gasteiger partial charge >= 0.3 is 6.03 Å². The van der Waals surface area contributed by atoms with Gasteiger partial charge in [0.05, 0.1) is 13.2 Å². The molecule has 1 N–H and O–H groups in total. The molecule has 1 aliphatic heterocycles. The summed E-state index contributed by atoms with van der Waals surface area (Å²) in [6.07, 6.45) is 8.66. The number of amides is 2. The normalized spacial score (nSPS) is 19.5. The van der Waals surface area contributed by atoms with E-state index >= 15 is 0 Å². The summed E-state index contributed by atoms with van der Waals surface area (Å²) in [6.45, 7) is 4.13. The van der Waals surface area contributed by atoms with Gasteiger partial charge in [-0.25, -0.2) is 4.79 Å². The van der Waals surface area contributed by atoms with Gasteiger partial charge in [0.15, 0.2) is 0 Å². The number of nitrogens with one attached hydrogen (secondary N) is 1. The Balaban J connectivity index is 1.48. The largest absolute Gasteiger partial charge is 0.378 e. The van der Waals surface area contributed by atoms with Crippen molar-refractivity contribution in [2.45, 2.75) is 57.5 Å². The van der Waals surface area contributed by atoms with E-state index in [9.17, 15) is 4.79 Å². The molecule has 2 aliphatic rings. The van der Waals surface area contributed by atoms with Crippen molar-refractivity contribution in [2.24, 2.45) is 0 Å². The van der Waals surface area contributed by atoms with Crippen molar-refractivity contribution in [3.05, 3.63) is 29.8 Å². The van der Waals surface area contributed by atoms with E-state index in [1.807, 2.05) is 7.05 Å². The van der Waals surface area contributed by atoms with Crippen LogP contribution in [0.25, 0.3) is 0 Å².